The fraction of sp³-hybridized carbons (Fsp3) is 0.167. The van der Waals surface area contributed by atoms with Crippen LogP contribution < -0.4 is 5.73 Å². The third-order valence-electron chi connectivity index (χ3n) is 2.47. The van der Waals surface area contributed by atoms with Crippen molar-refractivity contribution in [2.24, 2.45) is 5.73 Å². The van der Waals surface area contributed by atoms with Gasteiger partial charge in [-0.15, -0.1) is 0 Å². The Morgan fingerprint density at radius 1 is 1.38 bits per heavy atom. The Bertz CT molecular complexity index is 540. The van der Waals surface area contributed by atoms with Gasteiger partial charge < -0.3 is 5.73 Å². The van der Waals surface area contributed by atoms with Crippen LogP contribution >= 0.6 is 0 Å². The lowest BCUT2D eigenvalue weighted by Gasteiger charge is -2.11. The zero-order chi connectivity index (χ0) is 11.7. The van der Waals surface area contributed by atoms with Gasteiger partial charge in [0.05, 0.1) is 11.9 Å². The maximum atomic E-state index is 7.57. The highest BCUT2D eigenvalue weighted by molar-refractivity contribution is 5.98. The largest absolute Gasteiger partial charge is 0.384 e. The zero-order valence-electron chi connectivity index (χ0n) is 9.36. The highest BCUT2D eigenvalue weighted by atomic mass is 15.3. The summed E-state index contributed by atoms with van der Waals surface area (Å²) in [5.41, 5.74) is 9.29. The van der Waals surface area contributed by atoms with Crippen LogP contribution in [0, 0.1) is 19.3 Å². The summed E-state index contributed by atoms with van der Waals surface area (Å²) in [5.74, 6) is 0.0619. The van der Waals surface area contributed by atoms with E-state index in [1.54, 1.807) is 10.9 Å². The Kier molecular flexibility index (Phi) is 2.48. The van der Waals surface area contributed by atoms with Gasteiger partial charge in [0.1, 0.15) is 5.84 Å². The van der Waals surface area contributed by atoms with Crippen LogP contribution in [0.25, 0.3) is 5.69 Å². The van der Waals surface area contributed by atoms with Gasteiger partial charge in [0.2, 0.25) is 0 Å². The van der Waals surface area contributed by atoms with E-state index in [0.29, 0.717) is 5.56 Å². The fourth-order valence-corrected chi connectivity index (χ4v) is 1.72. The first-order chi connectivity index (χ1) is 7.59. The summed E-state index contributed by atoms with van der Waals surface area (Å²) in [6.07, 6.45) is 3.71. The normalized spacial score (nSPS) is 10.4. The number of hydrogen-bond donors (Lipinski definition) is 2. The number of amidine groups is 1. The molecule has 16 heavy (non-hydrogen) atoms. The molecule has 1 heterocycles. The van der Waals surface area contributed by atoms with Crippen molar-refractivity contribution in [3.8, 4) is 5.69 Å². The number of nitrogens with zero attached hydrogens (tertiary/aromatic N) is 2. The lowest BCUT2D eigenvalue weighted by molar-refractivity contribution is 0.869. The summed E-state index contributed by atoms with van der Waals surface area (Å²) >= 11 is 0. The number of para-hydroxylation sites is 1. The van der Waals surface area contributed by atoms with Crippen LogP contribution in [0.1, 0.15) is 16.7 Å². The molecule has 82 valence electrons. The fourth-order valence-electron chi connectivity index (χ4n) is 1.72. The average molecular weight is 214 g/mol. The molecular weight excluding hydrogens is 200 g/mol. The van der Waals surface area contributed by atoms with Gasteiger partial charge in [-0.1, -0.05) is 12.1 Å². The van der Waals surface area contributed by atoms with E-state index in [9.17, 15) is 0 Å². The van der Waals surface area contributed by atoms with Gasteiger partial charge in [0.25, 0.3) is 0 Å². The minimum absolute atomic E-state index is 0.0619. The molecule has 4 heteroatoms. The number of rotatable bonds is 2. The molecule has 1 aromatic heterocycles. The molecule has 0 amide bonds. The zero-order valence-corrected chi connectivity index (χ0v) is 9.36. The molecule has 3 N–H and O–H groups in total. The molecule has 0 spiro atoms. The molecular formula is C12H14N4. The van der Waals surface area contributed by atoms with Crippen LogP contribution in [0.15, 0.2) is 30.6 Å². The van der Waals surface area contributed by atoms with E-state index >= 15 is 0 Å². The highest BCUT2D eigenvalue weighted by Crippen LogP contribution is 2.18. The molecule has 0 aliphatic rings. The summed E-state index contributed by atoms with van der Waals surface area (Å²) in [6.45, 7) is 3.97. The highest BCUT2D eigenvalue weighted by Gasteiger charge is 2.10. The number of nitrogens with one attached hydrogen (secondary N) is 1. The molecule has 2 aromatic rings. The quantitative estimate of drug-likeness (QED) is 0.591. The van der Waals surface area contributed by atoms with Gasteiger partial charge in [-0.2, -0.15) is 5.10 Å². The molecule has 1 aromatic carbocycles. The van der Waals surface area contributed by atoms with Crippen LogP contribution in [0.5, 0.6) is 0 Å². The van der Waals surface area contributed by atoms with Crippen molar-refractivity contribution < 1.29 is 0 Å². The first kappa shape index (κ1) is 10.4. The predicted octanol–water partition coefficient (Wildman–Crippen LogP) is 1.77. The van der Waals surface area contributed by atoms with Gasteiger partial charge >= 0.3 is 0 Å². The Morgan fingerprint density at radius 3 is 2.69 bits per heavy atom. The molecule has 0 bridgehead atoms. The molecule has 0 aliphatic heterocycles. The van der Waals surface area contributed by atoms with Crippen LogP contribution in [0.2, 0.25) is 0 Å². The molecule has 0 fully saturated rings. The lowest BCUT2D eigenvalue weighted by Crippen LogP contribution is -2.15. The third-order valence-corrected chi connectivity index (χ3v) is 2.47. The summed E-state index contributed by atoms with van der Waals surface area (Å²) in [4.78, 5) is 0. The number of nitrogen functional groups attached to an aromatic ring is 1. The van der Waals surface area contributed by atoms with Gasteiger partial charge in [-0.05, 0) is 31.0 Å². The Hall–Kier alpha value is -2.10. The molecule has 0 radical (unpaired) electrons. The van der Waals surface area contributed by atoms with Crippen LogP contribution in [0.3, 0.4) is 0 Å². The van der Waals surface area contributed by atoms with Crippen molar-refractivity contribution in [3.63, 3.8) is 0 Å². The second kappa shape index (κ2) is 3.81. The maximum Gasteiger partial charge on any atom is 0.124 e. The van der Waals surface area contributed by atoms with Crippen molar-refractivity contribution in [3.05, 3.63) is 47.3 Å². The topological polar surface area (TPSA) is 67.7 Å². The van der Waals surface area contributed by atoms with Crippen LogP contribution in [0.4, 0.5) is 0 Å². The van der Waals surface area contributed by atoms with Gasteiger partial charge in [-0.25, -0.2) is 4.68 Å². The van der Waals surface area contributed by atoms with Crippen molar-refractivity contribution in [2.75, 3.05) is 0 Å². The minimum atomic E-state index is 0.0619. The van der Waals surface area contributed by atoms with Crippen molar-refractivity contribution in [1.29, 1.82) is 5.41 Å². The van der Waals surface area contributed by atoms with E-state index in [0.717, 1.165) is 16.8 Å². The van der Waals surface area contributed by atoms with Crippen LogP contribution in [-0.2, 0) is 0 Å². The maximum absolute atomic E-state index is 7.57. The van der Waals surface area contributed by atoms with E-state index in [2.05, 4.69) is 5.10 Å². The molecule has 0 saturated heterocycles. The molecule has 0 atom stereocenters. The monoisotopic (exact) mass is 214 g/mol. The smallest absolute Gasteiger partial charge is 0.124 e. The van der Waals surface area contributed by atoms with Gasteiger partial charge in [0.15, 0.2) is 0 Å². The molecule has 2 rings (SSSR count). The summed E-state index contributed by atoms with van der Waals surface area (Å²) in [6, 6.07) is 5.71. The summed E-state index contributed by atoms with van der Waals surface area (Å²) in [7, 11) is 0. The first-order valence-corrected chi connectivity index (χ1v) is 5.05. The van der Waals surface area contributed by atoms with E-state index in [1.165, 1.54) is 0 Å². The average Bonchev–Trinajstić information content (AvgIpc) is 2.64. The van der Waals surface area contributed by atoms with Crippen molar-refractivity contribution in [1.82, 2.24) is 9.78 Å². The second-order valence-electron chi connectivity index (χ2n) is 3.85. The number of aromatic nitrogens is 2. The Morgan fingerprint density at radius 2 is 2.12 bits per heavy atom. The van der Waals surface area contributed by atoms with Gasteiger partial charge in [0, 0.05) is 11.8 Å². The number of nitrogens with two attached hydrogens (primary N) is 1. The first-order valence-electron chi connectivity index (χ1n) is 5.05. The van der Waals surface area contributed by atoms with E-state index in [1.807, 2.05) is 38.2 Å². The third kappa shape index (κ3) is 1.69. The predicted molar refractivity (Wildman–Crippen MR) is 64.1 cm³/mol. The van der Waals surface area contributed by atoms with Gasteiger partial charge in [-0.3, -0.25) is 5.41 Å². The van der Waals surface area contributed by atoms with E-state index < -0.39 is 0 Å². The van der Waals surface area contributed by atoms with Crippen molar-refractivity contribution in [2.45, 2.75) is 13.8 Å². The van der Waals surface area contributed by atoms with E-state index in [4.69, 9.17) is 11.1 Å². The summed E-state index contributed by atoms with van der Waals surface area (Å²) < 4.78 is 1.77. The number of benzene rings is 1. The van der Waals surface area contributed by atoms with E-state index in [-0.39, 0.29) is 5.84 Å². The standard InChI is InChI=1S/C12H14N4/c1-8-6-15-16(7-8)11-9(2)4-3-5-10(11)12(13)14/h3-7H,1-2H3,(H3,13,14). The number of aryl methyl sites for hydroxylation is 2. The molecule has 0 aliphatic carbocycles. The molecule has 0 unspecified atom stereocenters. The molecule has 0 saturated carbocycles. The Balaban J connectivity index is 2.67. The lowest BCUT2D eigenvalue weighted by atomic mass is 10.1. The Labute approximate surface area is 94.2 Å². The SMILES string of the molecule is Cc1cnn(-c2c(C)cccc2C(=N)N)c1. The second-order valence-corrected chi connectivity index (χ2v) is 3.85. The van der Waals surface area contributed by atoms with Crippen molar-refractivity contribution >= 4 is 5.84 Å². The minimum Gasteiger partial charge on any atom is -0.384 e. The number of hydrogen-bond acceptors (Lipinski definition) is 2. The van der Waals surface area contributed by atoms with Crippen LogP contribution in [-0.4, -0.2) is 15.6 Å². The molecule has 4 nitrogen and oxygen atoms in total. The summed E-state index contributed by atoms with van der Waals surface area (Å²) in [5, 5.41) is 11.8.